The summed E-state index contributed by atoms with van der Waals surface area (Å²) >= 11 is 0. The molecule has 8 rings (SSSR count). The maximum Gasteiger partial charge on any atom is 0.135 e. The van der Waals surface area contributed by atoms with Gasteiger partial charge in [0.1, 0.15) is 11.3 Å². The van der Waals surface area contributed by atoms with Crippen molar-refractivity contribution in [1.29, 1.82) is 10.5 Å². The molecule has 2 aliphatic carbocycles. The molecule has 0 saturated heterocycles. The van der Waals surface area contributed by atoms with Crippen LogP contribution in [0.25, 0.3) is 62.0 Å². The molecule has 198 valence electrons. The number of hydrogen-bond donors (Lipinski definition) is 0. The summed E-state index contributed by atoms with van der Waals surface area (Å²) in [4.78, 5) is 0. The first-order valence-corrected chi connectivity index (χ1v) is 14.3. The lowest BCUT2D eigenvalue weighted by Crippen LogP contribution is -2.01. The van der Waals surface area contributed by atoms with Crippen molar-refractivity contribution in [3.05, 3.63) is 125 Å². The molecule has 0 atom stereocenters. The fraction of sp³-hybridized carbons (Fsp3) is 0.105. The molecule has 4 aromatic carbocycles. The molecular formula is C38H25N3O. The Morgan fingerprint density at radius 3 is 2.19 bits per heavy atom. The third-order valence-corrected chi connectivity index (χ3v) is 8.54. The van der Waals surface area contributed by atoms with Gasteiger partial charge in [0.15, 0.2) is 0 Å². The fourth-order valence-corrected chi connectivity index (χ4v) is 6.62. The topological polar surface area (TPSA) is 65.7 Å². The number of hydrogen-bond acceptors (Lipinski definition) is 3. The van der Waals surface area contributed by atoms with Crippen molar-refractivity contribution in [3.8, 4) is 40.1 Å². The highest BCUT2D eigenvalue weighted by atomic mass is 16.3. The standard InChI is InChI=1S/C38H25N3O/c39-22-24-15-27(26-13-14-38-34(21-26)33-9-3-6-12-37(33)42-38)19-28(16-24)29-17-25(23-40)18-30(20-29)41-35-10-4-1-7-31(35)32-8-2-5-11-36(32)41/h1,4-7,10-21H,2-3,8-9H2. The maximum atomic E-state index is 10.1. The number of aromatic nitrogens is 1. The van der Waals surface area contributed by atoms with Gasteiger partial charge in [-0.05, 0) is 120 Å². The Kier molecular flexibility index (Phi) is 5.49. The van der Waals surface area contributed by atoms with Crippen LogP contribution in [-0.4, -0.2) is 4.57 Å². The molecule has 0 bridgehead atoms. The third kappa shape index (κ3) is 3.81. The van der Waals surface area contributed by atoms with E-state index < -0.39 is 0 Å². The molecule has 0 radical (unpaired) electrons. The third-order valence-electron chi connectivity index (χ3n) is 8.54. The van der Waals surface area contributed by atoms with E-state index in [1.807, 2.05) is 30.3 Å². The Hall–Kier alpha value is -5.58. The smallest absolute Gasteiger partial charge is 0.135 e. The van der Waals surface area contributed by atoms with Gasteiger partial charge in [-0.25, -0.2) is 0 Å². The van der Waals surface area contributed by atoms with Crippen LogP contribution in [0.15, 0.2) is 95.4 Å². The molecule has 0 fully saturated rings. The molecule has 0 saturated carbocycles. The summed E-state index contributed by atoms with van der Waals surface area (Å²) in [5, 5.41) is 22.4. The van der Waals surface area contributed by atoms with Crippen molar-refractivity contribution >= 4 is 34.0 Å². The van der Waals surface area contributed by atoms with Gasteiger partial charge in [0.2, 0.25) is 0 Å². The normalized spacial score (nSPS) is 13.6. The number of para-hydroxylation sites is 1. The van der Waals surface area contributed by atoms with Crippen LogP contribution in [-0.2, 0) is 12.8 Å². The second kappa shape index (κ2) is 9.51. The Balaban J connectivity index is 1.31. The molecule has 2 heterocycles. The van der Waals surface area contributed by atoms with Gasteiger partial charge in [-0.3, -0.25) is 0 Å². The number of nitrogens with zero attached hydrogens (tertiary/aromatic N) is 3. The van der Waals surface area contributed by atoms with Crippen LogP contribution in [0.3, 0.4) is 0 Å². The monoisotopic (exact) mass is 539 g/mol. The van der Waals surface area contributed by atoms with E-state index in [0.717, 1.165) is 75.9 Å². The Bertz CT molecular complexity index is 2230. The average molecular weight is 540 g/mol. The Morgan fingerprint density at radius 1 is 0.643 bits per heavy atom. The highest BCUT2D eigenvalue weighted by Crippen LogP contribution is 2.38. The SMILES string of the molecule is N#Cc1cc(-c2cc(C#N)cc(-n3c4c(c5ccccc53)CCC=C4)c2)cc(-c2ccc3oc4c(c3c2)CCC=C4)c1. The molecule has 0 spiro atoms. The van der Waals surface area contributed by atoms with E-state index in [0.29, 0.717) is 11.1 Å². The van der Waals surface area contributed by atoms with Gasteiger partial charge in [0.25, 0.3) is 0 Å². The van der Waals surface area contributed by atoms with Crippen LogP contribution in [0.5, 0.6) is 0 Å². The van der Waals surface area contributed by atoms with E-state index in [1.165, 1.54) is 22.2 Å². The molecule has 0 N–H and O–H groups in total. The quantitative estimate of drug-likeness (QED) is 0.225. The van der Waals surface area contributed by atoms with Gasteiger partial charge >= 0.3 is 0 Å². The van der Waals surface area contributed by atoms with Crippen LogP contribution in [0, 0.1) is 22.7 Å². The minimum Gasteiger partial charge on any atom is -0.456 e. The lowest BCUT2D eigenvalue weighted by molar-refractivity contribution is 0.595. The lowest BCUT2D eigenvalue weighted by Gasteiger charge is -2.15. The van der Waals surface area contributed by atoms with Crippen molar-refractivity contribution in [1.82, 2.24) is 4.57 Å². The molecule has 4 nitrogen and oxygen atoms in total. The molecular weight excluding hydrogens is 514 g/mol. The summed E-state index contributed by atoms with van der Waals surface area (Å²) in [5.41, 5.74) is 11.7. The number of rotatable bonds is 3. The predicted octanol–water partition coefficient (Wildman–Crippen LogP) is 9.37. The average Bonchev–Trinajstić information content (AvgIpc) is 3.59. The van der Waals surface area contributed by atoms with Crippen LogP contribution < -0.4 is 0 Å². The summed E-state index contributed by atoms with van der Waals surface area (Å²) in [6.07, 6.45) is 12.6. The second-order valence-electron chi connectivity index (χ2n) is 11.0. The van der Waals surface area contributed by atoms with E-state index in [4.69, 9.17) is 4.42 Å². The van der Waals surface area contributed by atoms with Gasteiger partial charge in [0.05, 0.1) is 28.8 Å². The van der Waals surface area contributed by atoms with Gasteiger partial charge in [-0.15, -0.1) is 0 Å². The first-order chi connectivity index (χ1) is 20.7. The molecule has 4 heteroatoms. The number of furan rings is 1. The van der Waals surface area contributed by atoms with Crippen molar-refractivity contribution in [2.24, 2.45) is 0 Å². The molecule has 0 amide bonds. The zero-order valence-electron chi connectivity index (χ0n) is 22.9. The van der Waals surface area contributed by atoms with Crippen LogP contribution in [0.1, 0.15) is 46.5 Å². The molecule has 42 heavy (non-hydrogen) atoms. The van der Waals surface area contributed by atoms with Crippen molar-refractivity contribution < 1.29 is 4.42 Å². The van der Waals surface area contributed by atoms with Gasteiger partial charge < -0.3 is 8.98 Å². The van der Waals surface area contributed by atoms with Gasteiger partial charge in [-0.1, -0.05) is 36.4 Å². The molecule has 0 aliphatic heterocycles. The van der Waals surface area contributed by atoms with E-state index in [9.17, 15) is 10.5 Å². The molecule has 6 aromatic rings. The summed E-state index contributed by atoms with van der Waals surface area (Å²) in [5.74, 6) is 0.940. The maximum absolute atomic E-state index is 10.1. The summed E-state index contributed by atoms with van der Waals surface area (Å²) in [7, 11) is 0. The van der Waals surface area contributed by atoms with E-state index in [2.05, 4.69) is 89.5 Å². The second-order valence-corrected chi connectivity index (χ2v) is 11.0. The zero-order chi connectivity index (χ0) is 28.2. The van der Waals surface area contributed by atoms with E-state index in [1.54, 1.807) is 0 Å². The summed E-state index contributed by atoms with van der Waals surface area (Å²) in [6.45, 7) is 0. The minimum atomic E-state index is 0.579. The van der Waals surface area contributed by atoms with Crippen LogP contribution in [0.2, 0.25) is 0 Å². The lowest BCUT2D eigenvalue weighted by atomic mass is 9.93. The first-order valence-electron chi connectivity index (χ1n) is 14.3. The van der Waals surface area contributed by atoms with Crippen LogP contribution in [0.4, 0.5) is 0 Å². The number of benzene rings is 4. The van der Waals surface area contributed by atoms with Crippen LogP contribution >= 0.6 is 0 Å². The number of allylic oxidation sites excluding steroid dienone is 2. The van der Waals surface area contributed by atoms with Crippen molar-refractivity contribution in [2.75, 3.05) is 0 Å². The highest BCUT2D eigenvalue weighted by Gasteiger charge is 2.20. The largest absolute Gasteiger partial charge is 0.456 e. The molecule has 2 aliphatic rings. The Labute approximate surface area is 243 Å². The van der Waals surface area contributed by atoms with E-state index >= 15 is 0 Å². The predicted molar refractivity (Wildman–Crippen MR) is 168 cm³/mol. The van der Waals surface area contributed by atoms with Crippen molar-refractivity contribution in [3.63, 3.8) is 0 Å². The van der Waals surface area contributed by atoms with E-state index in [-0.39, 0.29) is 0 Å². The molecule has 2 aromatic heterocycles. The fourth-order valence-electron chi connectivity index (χ4n) is 6.62. The Morgan fingerprint density at radius 2 is 1.36 bits per heavy atom. The number of nitriles is 2. The van der Waals surface area contributed by atoms with Gasteiger partial charge in [-0.2, -0.15) is 10.5 Å². The minimum absolute atomic E-state index is 0.579. The number of fused-ring (bicyclic) bond motifs is 6. The summed E-state index contributed by atoms with van der Waals surface area (Å²) in [6, 6.07) is 31.5. The number of aryl methyl sites for hydroxylation is 2. The van der Waals surface area contributed by atoms with Crippen molar-refractivity contribution in [2.45, 2.75) is 25.7 Å². The van der Waals surface area contributed by atoms with Gasteiger partial charge in [0, 0.05) is 27.7 Å². The zero-order valence-corrected chi connectivity index (χ0v) is 22.9. The summed E-state index contributed by atoms with van der Waals surface area (Å²) < 4.78 is 8.35. The highest BCUT2D eigenvalue weighted by molar-refractivity contribution is 5.92. The molecule has 0 unspecified atom stereocenters. The first kappa shape index (κ1) is 24.2.